The van der Waals surface area contributed by atoms with E-state index in [0.29, 0.717) is 28.5 Å². The molecule has 5 aromatic rings. The number of nitro benzene ring substituents is 1. The molecule has 0 unspecified atom stereocenters. The van der Waals surface area contributed by atoms with Crippen LogP contribution in [0.5, 0.6) is 5.75 Å². The zero-order chi connectivity index (χ0) is 23.7. The van der Waals surface area contributed by atoms with Crippen molar-refractivity contribution in [2.45, 2.75) is 0 Å². The van der Waals surface area contributed by atoms with E-state index in [2.05, 4.69) is 15.3 Å². The van der Waals surface area contributed by atoms with Gasteiger partial charge in [0.15, 0.2) is 22.9 Å². The van der Waals surface area contributed by atoms with Gasteiger partial charge in [0.2, 0.25) is 0 Å². The smallest absolute Gasteiger partial charge is 0.269 e. The van der Waals surface area contributed by atoms with Gasteiger partial charge in [0.1, 0.15) is 11.4 Å². The van der Waals surface area contributed by atoms with Crippen molar-refractivity contribution in [3.8, 4) is 28.5 Å². The number of aromatic nitrogens is 3. The van der Waals surface area contributed by atoms with Crippen LogP contribution in [0.1, 0.15) is 0 Å². The monoisotopic (exact) mass is 455 g/mol. The van der Waals surface area contributed by atoms with Gasteiger partial charge in [-0.25, -0.2) is 9.50 Å². The van der Waals surface area contributed by atoms with Gasteiger partial charge in [0.25, 0.3) is 5.69 Å². The summed E-state index contributed by atoms with van der Waals surface area (Å²) < 4.78 is 12.4. The largest absolute Gasteiger partial charge is 0.497 e. The van der Waals surface area contributed by atoms with Crippen LogP contribution >= 0.6 is 0 Å². The number of hydrogen-bond acceptors (Lipinski definition) is 9. The molecule has 5 rings (SSSR count). The molecule has 11 nitrogen and oxygen atoms in total. The number of furan rings is 1. The van der Waals surface area contributed by atoms with E-state index < -0.39 is 4.92 Å². The van der Waals surface area contributed by atoms with Crippen LogP contribution in [-0.4, -0.2) is 26.6 Å². The summed E-state index contributed by atoms with van der Waals surface area (Å²) >= 11 is 0. The van der Waals surface area contributed by atoms with Crippen LogP contribution in [0.2, 0.25) is 0 Å². The Hall–Kier alpha value is -5.06. The molecule has 0 spiro atoms. The van der Waals surface area contributed by atoms with Gasteiger partial charge >= 0.3 is 0 Å². The summed E-state index contributed by atoms with van der Waals surface area (Å²) in [5.41, 5.74) is 9.31. The van der Waals surface area contributed by atoms with Crippen molar-refractivity contribution < 1.29 is 14.1 Å². The van der Waals surface area contributed by atoms with E-state index in [4.69, 9.17) is 19.9 Å². The minimum Gasteiger partial charge on any atom is -0.497 e. The summed E-state index contributed by atoms with van der Waals surface area (Å²) in [5, 5.41) is 23.7. The van der Waals surface area contributed by atoms with Crippen LogP contribution < -0.4 is 10.5 Å². The Balaban J connectivity index is 1.64. The number of nitrogen functional groups attached to an aromatic ring is 1. The summed E-state index contributed by atoms with van der Waals surface area (Å²) in [6, 6.07) is 18.6. The third-order valence-corrected chi connectivity index (χ3v) is 5.08. The molecule has 0 saturated carbocycles. The van der Waals surface area contributed by atoms with E-state index in [-0.39, 0.29) is 17.2 Å². The highest BCUT2D eigenvalue weighted by molar-refractivity contribution is 5.80. The minimum absolute atomic E-state index is 0.0386. The molecule has 0 aliphatic rings. The molecule has 0 aliphatic heterocycles. The molecule has 0 fully saturated rings. The molecule has 0 aliphatic carbocycles. The van der Waals surface area contributed by atoms with Crippen molar-refractivity contribution in [3.63, 3.8) is 0 Å². The normalized spacial score (nSPS) is 11.3. The highest BCUT2D eigenvalue weighted by Gasteiger charge is 2.19. The highest BCUT2D eigenvalue weighted by atomic mass is 16.6. The van der Waals surface area contributed by atoms with Crippen LogP contribution in [-0.2, 0) is 0 Å². The summed E-state index contributed by atoms with van der Waals surface area (Å²) in [4.78, 5) is 15.1. The van der Waals surface area contributed by atoms with E-state index in [1.807, 2.05) is 36.4 Å². The van der Waals surface area contributed by atoms with Crippen molar-refractivity contribution >= 4 is 28.5 Å². The Bertz CT molecular complexity index is 1510. The van der Waals surface area contributed by atoms with Gasteiger partial charge in [-0.1, -0.05) is 0 Å². The standard InChI is InChI=1S/C23H17N7O4/c1-33-17-10-4-14(5-11-17)18-13-19(20-3-2-12-34-20)29-23(25-18)21(22(24)28-29)27-26-15-6-8-16(9-7-15)30(31)32/h2-13H,1H3,(H2,24,28). The minimum atomic E-state index is -0.481. The number of nitrogens with zero attached hydrogens (tertiary/aromatic N) is 6. The Labute approximate surface area is 192 Å². The molecular weight excluding hydrogens is 438 g/mol. The molecule has 11 heteroatoms. The van der Waals surface area contributed by atoms with E-state index in [9.17, 15) is 10.1 Å². The summed E-state index contributed by atoms with van der Waals surface area (Å²) in [6.07, 6.45) is 1.57. The van der Waals surface area contributed by atoms with Crippen molar-refractivity contribution in [2.24, 2.45) is 10.2 Å². The number of methoxy groups -OCH3 is 1. The van der Waals surface area contributed by atoms with Crippen molar-refractivity contribution in [3.05, 3.63) is 83.1 Å². The maximum Gasteiger partial charge on any atom is 0.269 e. The number of fused-ring (bicyclic) bond motifs is 1. The second-order valence-electron chi connectivity index (χ2n) is 7.18. The van der Waals surface area contributed by atoms with E-state index in [1.54, 1.807) is 24.0 Å². The first-order chi connectivity index (χ1) is 16.5. The van der Waals surface area contributed by atoms with E-state index in [0.717, 1.165) is 11.3 Å². The maximum atomic E-state index is 10.9. The molecule has 0 saturated heterocycles. The fourth-order valence-corrected chi connectivity index (χ4v) is 3.38. The Morgan fingerprint density at radius 3 is 2.50 bits per heavy atom. The predicted molar refractivity (Wildman–Crippen MR) is 124 cm³/mol. The molecule has 3 heterocycles. The number of azo groups is 1. The second-order valence-corrected chi connectivity index (χ2v) is 7.18. The van der Waals surface area contributed by atoms with E-state index >= 15 is 0 Å². The molecular formula is C23H17N7O4. The van der Waals surface area contributed by atoms with Gasteiger partial charge in [-0.05, 0) is 54.6 Å². The second kappa shape index (κ2) is 8.47. The fourth-order valence-electron chi connectivity index (χ4n) is 3.38. The summed E-state index contributed by atoms with van der Waals surface area (Å²) in [5.74, 6) is 1.42. The van der Waals surface area contributed by atoms with Crippen molar-refractivity contribution in [1.82, 2.24) is 14.6 Å². The molecule has 0 atom stereocenters. The first-order valence-electron chi connectivity index (χ1n) is 10.1. The lowest BCUT2D eigenvalue weighted by Gasteiger charge is -2.07. The molecule has 2 aromatic carbocycles. The predicted octanol–water partition coefficient (Wildman–Crippen LogP) is 5.57. The molecule has 2 N–H and O–H groups in total. The number of anilines is 1. The number of hydrogen-bond donors (Lipinski definition) is 1. The van der Waals surface area contributed by atoms with Gasteiger partial charge in [-0.15, -0.1) is 10.2 Å². The molecule has 0 radical (unpaired) electrons. The first kappa shape index (κ1) is 20.8. The number of nitro groups is 1. The van der Waals surface area contributed by atoms with Crippen LogP contribution in [0.25, 0.3) is 28.4 Å². The van der Waals surface area contributed by atoms with Crippen LogP contribution in [0, 0.1) is 10.1 Å². The van der Waals surface area contributed by atoms with Crippen LogP contribution in [0.4, 0.5) is 22.9 Å². The zero-order valence-electron chi connectivity index (χ0n) is 17.8. The maximum absolute atomic E-state index is 10.9. The Morgan fingerprint density at radius 2 is 1.85 bits per heavy atom. The molecule has 168 valence electrons. The van der Waals surface area contributed by atoms with Crippen LogP contribution in [0.3, 0.4) is 0 Å². The molecule has 34 heavy (non-hydrogen) atoms. The fraction of sp³-hybridized carbons (Fsp3) is 0.0435. The Morgan fingerprint density at radius 1 is 1.09 bits per heavy atom. The summed E-state index contributed by atoms with van der Waals surface area (Å²) in [7, 11) is 1.60. The molecule has 0 bridgehead atoms. The third kappa shape index (κ3) is 3.81. The van der Waals surface area contributed by atoms with Crippen LogP contribution in [0.15, 0.2) is 87.6 Å². The average molecular weight is 455 g/mol. The SMILES string of the molecule is COc1ccc(-c2cc(-c3ccco3)n3nc(N)c(N=Nc4ccc([N+](=O)[O-])cc4)c3n2)cc1. The summed E-state index contributed by atoms with van der Waals surface area (Å²) in [6.45, 7) is 0. The van der Waals surface area contributed by atoms with Crippen molar-refractivity contribution in [2.75, 3.05) is 12.8 Å². The van der Waals surface area contributed by atoms with Gasteiger partial charge in [0.05, 0.1) is 29.7 Å². The molecule has 0 amide bonds. The van der Waals surface area contributed by atoms with Gasteiger partial charge in [0, 0.05) is 17.7 Å². The topological polar surface area (TPSA) is 146 Å². The van der Waals surface area contributed by atoms with Crippen molar-refractivity contribution in [1.29, 1.82) is 0 Å². The number of nitrogens with two attached hydrogens (primary N) is 1. The lowest BCUT2D eigenvalue weighted by atomic mass is 10.1. The van der Waals surface area contributed by atoms with Gasteiger partial charge in [-0.3, -0.25) is 10.1 Å². The quantitative estimate of drug-likeness (QED) is 0.200. The lowest BCUT2D eigenvalue weighted by molar-refractivity contribution is -0.384. The first-order valence-corrected chi connectivity index (χ1v) is 10.1. The third-order valence-electron chi connectivity index (χ3n) is 5.08. The number of rotatable bonds is 6. The Kier molecular flexibility index (Phi) is 5.18. The molecule has 3 aromatic heterocycles. The number of benzene rings is 2. The highest BCUT2D eigenvalue weighted by Crippen LogP contribution is 2.34. The lowest BCUT2D eigenvalue weighted by Crippen LogP contribution is -1.98. The average Bonchev–Trinajstić information content (AvgIpc) is 3.50. The van der Waals surface area contributed by atoms with Gasteiger partial charge in [-0.2, -0.15) is 5.11 Å². The number of non-ortho nitro benzene ring substituents is 1. The van der Waals surface area contributed by atoms with Gasteiger partial charge < -0.3 is 14.9 Å². The zero-order valence-corrected chi connectivity index (χ0v) is 17.8. The van der Waals surface area contributed by atoms with E-state index in [1.165, 1.54) is 24.3 Å². The number of ether oxygens (including phenoxy) is 1.